The van der Waals surface area contributed by atoms with E-state index in [-0.39, 0.29) is 60.5 Å². The minimum Gasteiger partial charge on any atom is -0.496 e. The number of unbranched alkanes of at least 4 members (excludes halogenated alkanes) is 2. The molecule has 0 spiro atoms. The summed E-state index contributed by atoms with van der Waals surface area (Å²) >= 11 is 3.08. The number of carbonyl (C=O) groups excluding carboxylic acids is 6. The fraction of sp³-hybridized carbons (Fsp3) is 0.526. The van der Waals surface area contributed by atoms with Crippen LogP contribution in [-0.2, 0) is 38.2 Å². The first-order chi connectivity index (χ1) is 47.0. The molecule has 4 fully saturated rings. The van der Waals surface area contributed by atoms with Crippen molar-refractivity contribution in [1.29, 1.82) is 0 Å². The maximum absolute atomic E-state index is 14.1. The van der Waals surface area contributed by atoms with E-state index in [9.17, 15) is 28.8 Å². The van der Waals surface area contributed by atoms with Crippen molar-refractivity contribution in [2.75, 3.05) is 54.6 Å². The van der Waals surface area contributed by atoms with E-state index < -0.39 is 58.9 Å². The molecule has 5 heterocycles. The Morgan fingerprint density at radius 3 is 1.84 bits per heavy atom. The second kappa shape index (κ2) is 31.3. The lowest BCUT2D eigenvalue weighted by molar-refractivity contribution is -0.150. The van der Waals surface area contributed by atoms with Gasteiger partial charge in [0.1, 0.15) is 67.7 Å². The first-order valence-electron chi connectivity index (χ1n) is 34.6. The Labute approximate surface area is 583 Å². The molecule has 10 atom stereocenters. The summed E-state index contributed by atoms with van der Waals surface area (Å²) in [5.41, 5.74) is 4.35. The lowest BCUT2D eigenvalue weighted by atomic mass is 9.93. The van der Waals surface area contributed by atoms with E-state index in [0.29, 0.717) is 80.3 Å². The summed E-state index contributed by atoms with van der Waals surface area (Å²) in [6, 6.07) is 11.5. The zero-order valence-electron chi connectivity index (χ0n) is 58.8. The fourth-order valence-corrected chi connectivity index (χ4v) is 15.9. The smallest absolute Gasteiger partial charge is 0.332 e. The number of aryl methyl sites for hydroxylation is 2. The predicted octanol–water partition coefficient (Wildman–Crippen LogP) is 13.2. The lowest BCUT2D eigenvalue weighted by Crippen LogP contribution is -2.50. The first-order valence-corrected chi connectivity index (χ1v) is 36.4. The maximum Gasteiger partial charge on any atom is 0.332 e. The van der Waals surface area contributed by atoms with Gasteiger partial charge in [0.05, 0.1) is 73.5 Å². The molecule has 6 aromatic rings. The molecule has 20 nitrogen and oxygen atoms in total. The molecule has 11 rings (SSSR count). The number of nitrogens with one attached hydrogen (secondary N) is 2. The van der Waals surface area contributed by atoms with E-state index in [2.05, 4.69) is 68.3 Å². The Bertz CT molecular complexity index is 3990. The summed E-state index contributed by atoms with van der Waals surface area (Å²) in [5, 5.41) is 13.4. The van der Waals surface area contributed by atoms with Gasteiger partial charge in [0.25, 0.3) is 0 Å². The van der Waals surface area contributed by atoms with E-state index in [1.165, 1.54) is 11.3 Å². The van der Waals surface area contributed by atoms with Crippen LogP contribution in [0.4, 0.5) is 0 Å². The van der Waals surface area contributed by atoms with Crippen LogP contribution in [0, 0.1) is 49.4 Å². The molecule has 0 radical (unpaired) electrons. The number of pyridine rings is 2. The van der Waals surface area contributed by atoms with Gasteiger partial charge in [0, 0.05) is 83.8 Å². The standard InChI is InChI=1S/C39H50N4O6S.C37H46N4O6S/c1-9-12-13-14-17-43(7)37(45)29-19-26(18-28(29)35(44)42-39(21-25(39)10-2)38(46)48-11-3)49-33-20-30(36-41-31(22-50-36)23(4)5)40-34-24(6)32(47-8)16-15-27(33)34;1-7-46-36(44)37-19-23(37)12-10-8-9-11-15-41(5)35(43)27-17-24(16-26(27)33(42)40-37)47-31-18-28(34-39-29(20-48-34)21(2)3)38-32-22(4)30(45-6)14-13-25(31)32/h9-10,15-16,20,22-23,25-26,28-29H,1-2,11-14,17-19,21H2,3-8H3,(H,42,44);10,12-14,18,20-21,23-24,26-27H,7-9,11,15-17,19H2,1-6H3,(H,40,42)/b;12-10-/t25-,26-,28-,29-,39+;23-,24-,26-,27-,37-/m11/s1. The van der Waals surface area contributed by atoms with E-state index in [1.54, 1.807) is 62.3 Å². The Balaban J connectivity index is 0.000000213. The predicted molar refractivity (Wildman–Crippen MR) is 381 cm³/mol. The van der Waals surface area contributed by atoms with Crippen LogP contribution >= 0.6 is 22.7 Å². The van der Waals surface area contributed by atoms with E-state index >= 15 is 0 Å². The Kier molecular flexibility index (Phi) is 23.2. The maximum atomic E-state index is 14.1. The van der Waals surface area contributed by atoms with Gasteiger partial charge in [0.15, 0.2) is 0 Å². The Morgan fingerprint density at radius 1 is 0.745 bits per heavy atom. The van der Waals surface area contributed by atoms with Crippen molar-refractivity contribution in [2.45, 2.75) is 168 Å². The molecule has 5 aliphatic rings. The number of benzene rings is 2. The third kappa shape index (κ3) is 15.5. The van der Waals surface area contributed by atoms with E-state index in [1.807, 2.05) is 69.4 Å². The summed E-state index contributed by atoms with van der Waals surface area (Å²) in [6.07, 6.45) is 14.3. The molecule has 2 aromatic carbocycles. The number of hydrogen-bond acceptors (Lipinski definition) is 18. The summed E-state index contributed by atoms with van der Waals surface area (Å²) in [6.45, 7) is 25.1. The zero-order chi connectivity index (χ0) is 70.3. The van der Waals surface area contributed by atoms with Gasteiger partial charge in [-0.3, -0.25) is 19.2 Å². The normalized spacial score (nSPS) is 24.7. The van der Waals surface area contributed by atoms with Gasteiger partial charge < -0.3 is 48.9 Å². The van der Waals surface area contributed by atoms with Crippen molar-refractivity contribution in [1.82, 2.24) is 40.4 Å². The molecular formula is C76H96N8O12S2. The highest BCUT2D eigenvalue weighted by molar-refractivity contribution is 7.13. The number of allylic oxidation sites excluding steroid dienone is 2. The number of nitrogens with zero attached hydrogens (tertiary/aromatic N) is 6. The molecule has 1 aliphatic heterocycles. The van der Waals surface area contributed by atoms with Crippen LogP contribution < -0.4 is 29.6 Å². The molecule has 22 heteroatoms. The van der Waals surface area contributed by atoms with Gasteiger partial charge in [-0.15, -0.1) is 35.8 Å². The highest BCUT2D eigenvalue weighted by Crippen LogP contribution is 2.50. The van der Waals surface area contributed by atoms with Crippen molar-refractivity contribution in [2.24, 2.45) is 35.5 Å². The lowest BCUT2D eigenvalue weighted by Gasteiger charge is -2.26. The van der Waals surface area contributed by atoms with Crippen molar-refractivity contribution in [3.05, 3.63) is 107 Å². The van der Waals surface area contributed by atoms with Gasteiger partial charge in [-0.2, -0.15) is 0 Å². The Morgan fingerprint density at radius 2 is 1.31 bits per heavy atom. The largest absolute Gasteiger partial charge is 0.496 e. The van der Waals surface area contributed by atoms with Gasteiger partial charge in [0.2, 0.25) is 23.6 Å². The van der Waals surface area contributed by atoms with Crippen molar-refractivity contribution in [3.63, 3.8) is 0 Å². The molecule has 524 valence electrons. The van der Waals surface area contributed by atoms with Gasteiger partial charge in [-0.1, -0.05) is 52.0 Å². The van der Waals surface area contributed by atoms with Crippen LogP contribution in [0.5, 0.6) is 23.0 Å². The number of esters is 2. The molecule has 4 aliphatic carbocycles. The van der Waals surface area contributed by atoms with E-state index in [4.69, 9.17) is 48.4 Å². The third-order valence-corrected chi connectivity index (χ3v) is 21.8. The van der Waals surface area contributed by atoms with Gasteiger partial charge in [-0.25, -0.2) is 29.5 Å². The SMILES string of the molecule is C=CCCCCN(C)C(=O)[C@@H]1C[C@H](Oc2cc(-c3nc(C(C)C)cs3)nc3c(C)c(OC)ccc23)C[C@H]1C(=O)N[C@@]1(C(=O)OCC)C[C@H]1C=C.CCOC(=O)[C@@]12C[C@H]1/C=C\CCCCN(C)C(=O)[C@@H]1C[C@H](Oc3cc(-c4nc(C(C)C)cs4)nc4c(C)c(OC)ccc34)C[C@H]1C(=O)N2. The molecular weight excluding hydrogens is 1280 g/mol. The molecule has 4 amide bonds. The molecule has 4 saturated carbocycles. The molecule has 2 N–H and O–H groups in total. The number of aromatic nitrogens is 4. The first kappa shape index (κ1) is 72.5. The number of ether oxygens (including phenoxy) is 6. The minimum atomic E-state index is -1.16. The number of fused-ring (bicyclic) bond motifs is 4. The zero-order valence-corrected chi connectivity index (χ0v) is 60.5. The minimum absolute atomic E-state index is 0.0729. The van der Waals surface area contributed by atoms with Crippen LogP contribution in [0.2, 0.25) is 0 Å². The van der Waals surface area contributed by atoms with Crippen molar-refractivity contribution in [3.8, 4) is 44.4 Å². The van der Waals surface area contributed by atoms with Crippen LogP contribution in [-0.4, -0.2) is 143 Å². The highest BCUT2D eigenvalue weighted by Gasteiger charge is 2.63. The molecule has 0 unspecified atom stereocenters. The summed E-state index contributed by atoms with van der Waals surface area (Å²) in [7, 11) is 6.86. The van der Waals surface area contributed by atoms with Gasteiger partial charge >= 0.3 is 11.9 Å². The number of carbonyl (C=O) groups is 6. The Hall–Kier alpha value is -8.24. The highest BCUT2D eigenvalue weighted by atomic mass is 32.1. The number of rotatable bonds is 23. The quantitative estimate of drug-likeness (QED) is 0.0344. The second-order valence-corrected chi connectivity index (χ2v) is 29.1. The van der Waals surface area contributed by atoms with Gasteiger partial charge in [-0.05, 0) is 141 Å². The average molecular weight is 1380 g/mol. The molecule has 4 aromatic heterocycles. The molecule has 98 heavy (non-hydrogen) atoms. The monoisotopic (exact) mass is 1380 g/mol. The number of methoxy groups -OCH3 is 2. The number of amides is 4. The fourth-order valence-electron chi connectivity index (χ4n) is 14.0. The van der Waals surface area contributed by atoms with Crippen LogP contribution in [0.25, 0.3) is 43.2 Å². The summed E-state index contributed by atoms with van der Waals surface area (Å²) < 4.78 is 35.6. The molecule has 0 bridgehead atoms. The van der Waals surface area contributed by atoms with Crippen LogP contribution in [0.3, 0.4) is 0 Å². The average Bonchev–Trinajstić information content (AvgIpc) is 1.56. The summed E-state index contributed by atoms with van der Waals surface area (Å²) in [4.78, 5) is 106. The van der Waals surface area contributed by atoms with Crippen LogP contribution in [0.1, 0.15) is 153 Å². The van der Waals surface area contributed by atoms with Crippen LogP contribution in [0.15, 0.2) is 84.6 Å². The second-order valence-electron chi connectivity index (χ2n) is 27.3. The molecule has 0 saturated heterocycles. The van der Waals surface area contributed by atoms with E-state index in [0.717, 1.165) is 98.6 Å². The van der Waals surface area contributed by atoms with Crippen molar-refractivity contribution >= 4 is 80.0 Å². The summed E-state index contributed by atoms with van der Waals surface area (Å²) in [5.74, 6) is -1.47. The third-order valence-electron chi connectivity index (χ3n) is 20.0. The topological polar surface area (TPSA) is 240 Å². The number of hydrogen-bond donors (Lipinski definition) is 2. The number of thiazole rings is 2. The van der Waals surface area contributed by atoms with Crippen molar-refractivity contribution < 1.29 is 57.2 Å².